The van der Waals surface area contributed by atoms with Crippen LogP contribution in [0.5, 0.6) is 5.75 Å². The lowest BCUT2D eigenvalue weighted by Gasteiger charge is -2.20. The highest BCUT2D eigenvalue weighted by Gasteiger charge is 2.07. The first-order chi connectivity index (χ1) is 6.58. The Morgan fingerprint density at radius 2 is 1.79 bits per heavy atom. The number of para-hydroxylation sites is 1. The van der Waals surface area contributed by atoms with Crippen molar-refractivity contribution in [2.75, 3.05) is 13.2 Å². The third-order valence-corrected chi connectivity index (χ3v) is 1.77. The molecule has 0 unspecified atom stereocenters. The van der Waals surface area contributed by atoms with Gasteiger partial charge < -0.3 is 10.1 Å². The van der Waals surface area contributed by atoms with Gasteiger partial charge >= 0.3 is 0 Å². The molecule has 78 valence electrons. The van der Waals surface area contributed by atoms with Gasteiger partial charge in [-0.1, -0.05) is 18.2 Å². The first-order valence-corrected chi connectivity index (χ1v) is 5.01. The van der Waals surface area contributed by atoms with Crippen molar-refractivity contribution < 1.29 is 4.74 Å². The van der Waals surface area contributed by atoms with Crippen molar-refractivity contribution in [1.29, 1.82) is 0 Å². The summed E-state index contributed by atoms with van der Waals surface area (Å²) < 4.78 is 5.54. The van der Waals surface area contributed by atoms with Crippen molar-refractivity contribution in [2.45, 2.75) is 26.3 Å². The number of benzene rings is 1. The smallest absolute Gasteiger partial charge is 0.119 e. The Hall–Kier alpha value is -1.02. The van der Waals surface area contributed by atoms with Gasteiger partial charge in [0.2, 0.25) is 0 Å². The predicted molar refractivity (Wildman–Crippen MR) is 59.7 cm³/mol. The Balaban J connectivity index is 2.17. The Bertz CT molecular complexity index is 251. The zero-order chi connectivity index (χ0) is 10.4. The summed E-state index contributed by atoms with van der Waals surface area (Å²) in [6, 6.07) is 9.88. The molecule has 1 N–H and O–H groups in total. The normalized spacial score (nSPS) is 11.4. The van der Waals surface area contributed by atoms with Gasteiger partial charge in [-0.2, -0.15) is 0 Å². The van der Waals surface area contributed by atoms with Crippen LogP contribution in [0.4, 0.5) is 0 Å². The van der Waals surface area contributed by atoms with E-state index in [0.717, 1.165) is 12.3 Å². The molecule has 0 heterocycles. The predicted octanol–water partition coefficient (Wildman–Crippen LogP) is 2.45. The summed E-state index contributed by atoms with van der Waals surface area (Å²) in [5.41, 5.74) is 0.167. The maximum absolute atomic E-state index is 5.54. The van der Waals surface area contributed by atoms with Crippen LogP contribution in [0.2, 0.25) is 0 Å². The second-order valence-corrected chi connectivity index (χ2v) is 4.34. The molecular weight excluding hydrogens is 174 g/mol. The van der Waals surface area contributed by atoms with Crippen LogP contribution < -0.4 is 10.1 Å². The second kappa shape index (κ2) is 5.01. The Labute approximate surface area is 86.3 Å². The van der Waals surface area contributed by atoms with E-state index in [-0.39, 0.29) is 5.54 Å². The SMILES string of the molecule is CC(C)(C)NCCOc1ccccc1. The standard InChI is InChI=1S/C12H19NO/c1-12(2,3)13-9-10-14-11-7-5-4-6-8-11/h4-8,13H,9-10H2,1-3H3. The molecule has 1 rings (SSSR count). The van der Waals surface area contributed by atoms with E-state index in [4.69, 9.17) is 4.74 Å². The molecule has 0 bridgehead atoms. The summed E-state index contributed by atoms with van der Waals surface area (Å²) in [5, 5.41) is 3.37. The van der Waals surface area contributed by atoms with E-state index in [2.05, 4.69) is 26.1 Å². The minimum absolute atomic E-state index is 0.167. The minimum atomic E-state index is 0.167. The van der Waals surface area contributed by atoms with Crippen molar-refractivity contribution >= 4 is 0 Å². The molecule has 0 amide bonds. The highest BCUT2D eigenvalue weighted by Crippen LogP contribution is 2.07. The van der Waals surface area contributed by atoms with Gasteiger partial charge in [0, 0.05) is 12.1 Å². The highest BCUT2D eigenvalue weighted by atomic mass is 16.5. The molecule has 0 aliphatic carbocycles. The van der Waals surface area contributed by atoms with Gasteiger partial charge in [-0.25, -0.2) is 0 Å². The van der Waals surface area contributed by atoms with Crippen molar-refractivity contribution in [3.63, 3.8) is 0 Å². The van der Waals surface area contributed by atoms with Crippen molar-refractivity contribution in [3.05, 3.63) is 30.3 Å². The van der Waals surface area contributed by atoms with E-state index in [0.29, 0.717) is 6.61 Å². The molecule has 14 heavy (non-hydrogen) atoms. The molecule has 0 aliphatic heterocycles. The summed E-state index contributed by atoms with van der Waals surface area (Å²) in [5.74, 6) is 0.934. The summed E-state index contributed by atoms with van der Waals surface area (Å²) in [6.45, 7) is 8.03. The number of rotatable bonds is 4. The molecule has 1 aromatic rings. The second-order valence-electron chi connectivity index (χ2n) is 4.34. The molecule has 0 saturated heterocycles. The van der Waals surface area contributed by atoms with Crippen LogP contribution in [-0.4, -0.2) is 18.7 Å². The van der Waals surface area contributed by atoms with Crippen LogP contribution >= 0.6 is 0 Å². The lowest BCUT2D eigenvalue weighted by atomic mass is 10.1. The lowest BCUT2D eigenvalue weighted by molar-refractivity contribution is 0.291. The van der Waals surface area contributed by atoms with Crippen LogP contribution in [0.1, 0.15) is 20.8 Å². The fraction of sp³-hybridized carbons (Fsp3) is 0.500. The summed E-state index contributed by atoms with van der Waals surface area (Å²) in [4.78, 5) is 0. The quantitative estimate of drug-likeness (QED) is 0.742. The molecule has 0 saturated carbocycles. The number of nitrogens with one attached hydrogen (secondary N) is 1. The minimum Gasteiger partial charge on any atom is -0.492 e. The topological polar surface area (TPSA) is 21.3 Å². The van der Waals surface area contributed by atoms with Gasteiger partial charge in [0.15, 0.2) is 0 Å². The molecule has 0 atom stereocenters. The van der Waals surface area contributed by atoms with Crippen LogP contribution in [-0.2, 0) is 0 Å². The van der Waals surface area contributed by atoms with E-state index < -0.39 is 0 Å². The third-order valence-electron chi connectivity index (χ3n) is 1.77. The maximum atomic E-state index is 5.54. The highest BCUT2D eigenvalue weighted by molar-refractivity contribution is 5.20. The fourth-order valence-electron chi connectivity index (χ4n) is 1.11. The van der Waals surface area contributed by atoms with Gasteiger partial charge in [-0.15, -0.1) is 0 Å². The summed E-state index contributed by atoms with van der Waals surface area (Å²) in [6.07, 6.45) is 0. The van der Waals surface area contributed by atoms with E-state index in [1.165, 1.54) is 0 Å². The summed E-state index contributed by atoms with van der Waals surface area (Å²) >= 11 is 0. The first-order valence-electron chi connectivity index (χ1n) is 5.01. The number of hydrogen-bond donors (Lipinski definition) is 1. The number of hydrogen-bond acceptors (Lipinski definition) is 2. The average molecular weight is 193 g/mol. The molecule has 0 radical (unpaired) electrons. The zero-order valence-electron chi connectivity index (χ0n) is 9.21. The van der Waals surface area contributed by atoms with Gasteiger partial charge in [0.05, 0.1) is 0 Å². The van der Waals surface area contributed by atoms with Crippen LogP contribution in [0, 0.1) is 0 Å². The van der Waals surface area contributed by atoms with Crippen LogP contribution in [0.3, 0.4) is 0 Å². The van der Waals surface area contributed by atoms with E-state index >= 15 is 0 Å². The van der Waals surface area contributed by atoms with E-state index in [1.807, 2.05) is 30.3 Å². The van der Waals surface area contributed by atoms with E-state index in [1.54, 1.807) is 0 Å². The third kappa shape index (κ3) is 4.87. The van der Waals surface area contributed by atoms with Crippen molar-refractivity contribution in [3.8, 4) is 5.75 Å². The largest absolute Gasteiger partial charge is 0.492 e. The first kappa shape index (κ1) is 11.1. The molecule has 0 aliphatic rings. The zero-order valence-corrected chi connectivity index (χ0v) is 9.21. The summed E-state index contributed by atoms with van der Waals surface area (Å²) in [7, 11) is 0. The van der Waals surface area contributed by atoms with E-state index in [9.17, 15) is 0 Å². The average Bonchev–Trinajstić information content (AvgIpc) is 2.13. The lowest BCUT2D eigenvalue weighted by Crippen LogP contribution is -2.38. The molecule has 2 heteroatoms. The molecular formula is C12H19NO. The molecule has 0 aromatic heterocycles. The molecule has 0 spiro atoms. The van der Waals surface area contributed by atoms with Gasteiger partial charge in [0.25, 0.3) is 0 Å². The van der Waals surface area contributed by atoms with Crippen molar-refractivity contribution in [2.24, 2.45) is 0 Å². The Kier molecular flexibility index (Phi) is 3.96. The molecule has 1 aromatic carbocycles. The fourth-order valence-corrected chi connectivity index (χ4v) is 1.11. The van der Waals surface area contributed by atoms with Crippen LogP contribution in [0.25, 0.3) is 0 Å². The monoisotopic (exact) mass is 193 g/mol. The van der Waals surface area contributed by atoms with Crippen molar-refractivity contribution in [1.82, 2.24) is 5.32 Å². The molecule has 2 nitrogen and oxygen atoms in total. The van der Waals surface area contributed by atoms with Gasteiger partial charge in [-0.3, -0.25) is 0 Å². The Morgan fingerprint density at radius 3 is 2.36 bits per heavy atom. The molecule has 0 fully saturated rings. The van der Waals surface area contributed by atoms with Gasteiger partial charge in [-0.05, 0) is 32.9 Å². The van der Waals surface area contributed by atoms with Crippen LogP contribution in [0.15, 0.2) is 30.3 Å². The Morgan fingerprint density at radius 1 is 1.14 bits per heavy atom. The van der Waals surface area contributed by atoms with Gasteiger partial charge in [0.1, 0.15) is 12.4 Å². The maximum Gasteiger partial charge on any atom is 0.119 e. The number of ether oxygens (including phenoxy) is 1.